The first kappa shape index (κ1) is 53.7. The van der Waals surface area contributed by atoms with Crippen LogP contribution in [0, 0.1) is 18.8 Å². The van der Waals surface area contributed by atoms with Gasteiger partial charge in [0, 0.05) is 73.6 Å². The Morgan fingerprint density at radius 1 is 0.895 bits per heavy atom. The number of unbranched alkanes of at least 4 members (excludes halogenated alkanes) is 2. The molecule has 76 heavy (non-hydrogen) atoms. The van der Waals surface area contributed by atoms with E-state index < -0.39 is 30.0 Å². The van der Waals surface area contributed by atoms with Crippen molar-refractivity contribution in [2.45, 2.75) is 110 Å². The van der Waals surface area contributed by atoms with Crippen LogP contribution in [0.5, 0.6) is 0 Å². The van der Waals surface area contributed by atoms with E-state index in [2.05, 4.69) is 42.4 Å². The number of nitrogens with two attached hydrogens (primary N) is 1. The number of hydrogen-bond acceptors (Lipinski definition) is 12. The number of amides is 7. The van der Waals surface area contributed by atoms with Gasteiger partial charge in [0.1, 0.15) is 18.8 Å². The van der Waals surface area contributed by atoms with E-state index in [9.17, 15) is 33.6 Å². The van der Waals surface area contributed by atoms with Crippen molar-refractivity contribution < 1.29 is 38.3 Å². The maximum absolute atomic E-state index is 13.8. The Kier molecular flexibility index (Phi) is 17.8. The number of ketones is 1. The van der Waals surface area contributed by atoms with Crippen LogP contribution in [-0.4, -0.2) is 95.1 Å². The molecule has 0 saturated heterocycles. The van der Waals surface area contributed by atoms with Gasteiger partial charge in [-0.1, -0.05) is 56.7 Å². The van der Waals surface area contributed by atoms with E-state index in [4.69, 9.17) is 20.4 Å². The van der Waals surface area contributed by atoms with Gasteiger partial charge in [-0.15, -0.1) is 0 Å². The molecule has 0 radical (unpaired) electrons. The van der Waals surface area contributed by atoms with E-state index in [1.54, 1.807) is 28.8 Å². The summed E-state index contributed by atoms with van der Waals surface area (Å²) in [5, 5.41) is 15.6. The number of anilines is 1. The lowest BCUT2D eigenvalue weighted by molar-refractivity contribution is -0.137. The van der Waals surface area contributed by atoms with Gasteiger partial charge in [0.05, 0.1) is 29.2 Å². The second-order valence-electron chi connectivity index (χ2n) is 19.6. The highest BCUT2D eigenvalue weighted by Crippen LogP contribution is 2.35. The largest absolute Gasteiger partial charge is 0.445 e. The zero-order chi connectivity index (χ0) is 53.7. The van der Waals surface area contributed by atoms with Crippen LogP contribution in [0.3, 0.4) is 0 Å². The van der Waals surface area contributed by atoms with Gasteiger partial charge in [-0.2, -0.15) is 5.10 Å². The Hall–Kier alpha value is -8.55. The Bertz CT molecular complexity index is 3110. The molecule has 4 aromatic heterocycles. The highest BCUT2D eigenvalue weighted by Gasteiger charge is 2.31. The number of aromatic amines is 1. The molecule has 20 heteroatoms. The number of Topliss-reactive ketones (excluding diaryl/α,β-unsaturated/α-hetero) is 1. The minimum absolute atomic E-state index is 0.0117. The van der Waals surface area contributed by atoms with Crippen LogP contribution in [-0.2, 0) is 54.6 Å². The molecular formula is C56H64N12O8. The zero-order valence-electron chi connectivity index (χ0n) is 43.0. The number of nitrogens with zero attached hydrogens (tertiary/aromatic N) is 6. The summed E-state index contributed by atoms with van der Waals surface area (Å²) in [5.74, 6) is -1.94. The van der Waals surface area contributed by atoms with E-state index in [-0.39, 0.29) is 74.4 Å². The van der Waals surface area contributed by atoms with Crippen molar-refractivity contribution in [2.75, 3.05) is 18.4 Å². The van der Waals surface area contributed by atoms with Crippen molar-refractivity contribution in [3.63, 3.8) is 0 Å². The maximum Gasteiger partial charge on any atom is 0.407 e. The van der Waals surface area contributed by atoms with E-state index in [1.165, 1.54) is 29.6 Å². The van der Waals surface area contributed by atoms with Crippen molar-refractivity contribution in [3.8, 4) is 22.6 Å². The number of rotatable bonds is 25. The van der Waals surface area contributed by atoms with E-state index >= 15 is 0 Å². The average Bonchev–Trinajstić information content (AvgIpc) is 4.23. The number of alkyl carbamates (subject to hydrolysis) is 1. The van der Waals surface area contributed by atoms with Gasteiger partial charge in [0.2, 0.25) is 11.8 Å². The molecular weight excluding hydrogens is 969 g/mol. The number of primary amides is 1. The third-order valence-electron chi connectivity index (χ3n) is 13.7. The van der Waals surface area contributed by atoms with Gasteiger partial charge in [0.25, 0.3) is 11.8 Å². The quantitative estimate of drug-likeness (QED) is 0.0256. The molecule has 3 atom stereocenters. The molecule has 7 amide bonds. The summed E-state index contributed by atoms with van der Waals surface area (Å²) in [6, 6.07) is 21.1. The molecule has 0 fully saturated rings. The molecule has 7 N–H and O–H groups in total. The van der Waals surface area contributed by atoms with Crippen molar-refractivity contribution >= 4 is 52.9 Å². The maximum atomic E-state index is 13.8. The van der Waals surface area contributed by atoms with Gasteiger partial charge < -0.3 is 36.7 Å². The number of pyridine rings is 2. The third-order valence-corrected chi connectivity index (χ3v) is 13.7. The zero-order valence-corrected chi connectivity index (χ0v) is 43.0. The highest BCUT2D eigenvalue weighted by molar-refractivity contribution is 6.12. The number of carbonyl (C=O) groups is 7. The Balaban J connectivity index is 0.818. The van der Waals surface area contributed by atoms with Gasteiger partial charge in [0.15, 0.2) is 11.4 Å². The van der Waals surface area contributed by atoms with Crippen LogP contribution in [0.4, 0.5) is 15.3 Å². The fourth-order valence-electron chi connectivity index (χ4n) is 9.71. The van der Waals surface area contributed by atoms with Crippen molar-refractivity contribution in [2.24, 2.45) is 17.6 Å². The van der Waals surface area contributed by atoms with Crippen molar-refractivity contribution in [3.05, 3.63) is 131 Å². The molecule has 20 nitrogen and oxygen atoms in total. The summed E-state index contributed by atoms with van der Waals surface area (Å²) in [5.41, 5.74) is 14.8. The third kappa shape index (κ3) is 14.0. The first-order valence-electron chi connectivity index (χ1n) is 25.8. The number of H-pyrrole nitrogens is 1. The van der Waals surface area contributed by atoms with Crippen LogP contribution in [0.1, 0.15) is 105 Å². The molecule has 0 spiro atoms. The van der Waals surface area contributed by atoms with E-state index in [1.807, 2.05) is 69.4 Å². The molecule has 1 aliphatic heterocycles. The number of nitrogens with one attached hydrogen (secondary N) is 5. The topological polar surface area (TPSA) is 278 Å². The number of imidazole rings is 1. The molecule has 1 aliphatic carbocycles. The fourth-order valence-corrected chi connectivity index (χ4v) is 9.71. The van der Waals surface area contributed by atoms with Crippen molar-refractivity contribution in [1.29, 1.82) is 0 Å². The number of carbonyl (C=O) groups excluding carboxylic acids is 7. The normalized spacial score (nSPS) is 14.7. The van der Waals surface area contributed by atoms with Gasteiger partial charge in [-0.25, -0.2) is 24.1 Å². The fraction of sp³-hybridized carbons (Fsp3) is 0.375. The predicted molar refractivity (Wildman–Crippen MR) is 283 cm³/mol. The smallest absolute Gasteiger partial charge is 0.407 e. The lowest BCUT2D eigenvalue weighted by Gasteiger charge is -2.24. The molecule has 396 valence electrons. The molecule has 5 heterocycles. The standard InChI is InChI=1S/C56H64N12O8/c1-34(2)51(66-48(70)15-5-4-6-29-67-49(71)26-27-50(67)72)45(69)30-38(12-9-28-58-55(57)74)54(73)62-40-20-16-36(17-21-40)32-76-56(75)63-43-23-22-41-37(11-8-13-42(41)43)18-24-46-64-52(39-19-25-47-59-33-60-68(47)31-39)53(65-46)44-14-7-10-35(3)61-44/h7-8,10-11,13-14,16-17,19-21,25-27,31,33-34,38,43,51H,4-6,9,12,15,18,22-24,28-30,32H2,1-3H3,(H,62,73)(H,63,75)(H,64,65)(H,66,70)(H3,57,58,74)/t38-,43?,51+/m1/s1. The minimum Gasteiger partial charge on any atom is -0.445 e. The lowest BCUT2D eigenvalue weighted by atomic mass is 9.89. The number of aromatic nitrogens is 6. The molecule has 0 saturated carbocycles. The molecule has 1 unspecified atom stereocenters. The minimum atomic E-state index is -0.838. The summed E-state index contributed by atoms with van der Waals surface area (Å²) in [6.07, 6.45) is 10.5. The number of benzene rings is 2. The lowest BCUT2D eigenvalue weighted by Crippen LogP contribution is -2.45. The molecule has 2 aliphatic rings. The van der Waals surface area contributed by atoms with Gasteiger partial charge in [-0.05, 0) is 116 Å². The highest BCUT2D eigenvalue weighted by atomic mass is 16.5. The monoisotopic (exact) mass is 1030 g/mol. The Morgan fingerprint density at radius 2 is 1.68 bits per heavy atom. The summed E-state index contributed by atoms with van der Waals surface area (Å²) < 4.78 is 7.39. The van der Waals surface area contributed by atoms with Crippen LogP contribution in [0.2, 0.25) is 0 Å². The molecule has 6 aromatic rings. The Morgan fingerprint density at radius 3 is 2.45 bits per heavy atom. The molecule has 8 rings (SSSR count). The number of fused-ring (bicyclic) bond motifs is 2. The second-order valence-corrected chi connectivity index (χ2v) is 19.6. The number of urea groups is 1. The van der Waals surface area contributed by atoms with Crippen molar-refractivity contribution in [1.82, 2.24) is 50.4 Å². The SMILES string of the molecule is Cc1cccc(-c2[nH]c(CCc3cccc4c3CCC4NC(=O)OCc3ccc(NC(=O)[C@H](CCCNC(N)=O)CC(=O)[C@@H](NC(=O)CCCCCN4C(=O)C=CC4=O)C(C)C)cc3)nc2-c2ccc3ncnn3c2)n1. The average molecular weight is 1030 g/mol. The van der Waals surface area contributed by atoms with Crippen LogP contribution >= 0.6 is 0 Å². The van der Waals surface area contributed by atoms with Crippen LogP contribution in [0.15, 0.2) is 97.5 Å². The first-order chi connectivity index (χ1) is 36.7. The van der Waals surface area contributed by atoms with E-state index in [0.717, 1.165) is 69.5 Å². The predicted octanol–water partition coefficient (Wildman–Crippen LogP) is 6.78. The summed E-state index contributed by atoms with van der Waals surface area (Å²) in [7, 11) is 0. The first-order valence-corrected chi connectivity index (χ1v) is 25.8. The molecule has 0 bridgehead atoms. The molecule has 2 aromatic carbocycles. The van der Waals surface area contributed by atoms with Gasteiger partial charge >= 0.3 is 12.1 Å². The Labute approximate surface area is 440 Å². The number of imide groups is 1. The van der Waals surface area contributed by atoms with Crippen LogP contribution in [0.25, 0.3) is 28.3 Å². The summed E-state index contributed by atoms with van der Waals surface area (Å²) in [4.78, 5) is 107. The van der Waals surface area contributed by atoms with Gasteiger partial charge in [-0.3, -0.25) is 33.9 Å². The van der Waals surface area contributed by atoms with E-state index in [0.29, 0.717) is 43.4 Å². The summed E-state index contributed by atoms with van der Waals surface area (Å²) in [6.45, 7) is 6.06. The number of hydrogen-bond donors (Lipinski definition) is 6. The number of ether oxygens (including phenoxy) is 1. The second kappa shape index (κ2) is 25.1. The summed E-state index contributed by atoms with van der Waals surface area (Å²) >= 11 is 0. The number of aryl methyl sites for hydroxylation is 3. The van der Waals surface area contributed by atoms with Crippen LogP contribution < -0.4 is 27.0 Å².